The van der Waals surface area contributed by atoms with Gasteiger partial charge >= 0.3 is 0 Å². The third-order valence-corrected chi connectivity index (χ3v) is 4.94. The summed E-state index contributed by atoms with van der Waals surface area (Å²) in [5.41, 5.74) is 6.04. The van der Waals surface area contributed by atoms with Crippen molar-refractivity contribution in [2.24, 2.45) is 17.6 Å². The average molecular weight is 281 g/mol. The van der Waals surface area contributed by atoms with E-state index in [0.717, 1.165) is 17.9 Å². The molecule has 1 aliphatic heterocycles. The van der Waals surface area contributed by atoms with Crippen LogP contribution in [0.2, 0.25) is 0 Å². The molecular formula is C13H26Cl2N2. The summed E-state index contributed by atoms with van der Waals surface area (Å²) >= 11 is 0. The van der Waals surface area contributed by atoms with Gasteiger partial charge in [0.2, 0.25) is 0 Å². The number of likely N-dealkylation sites (tertiary alicyclic amines) is 1. The van der Waals surface area contributed by atoms with Crippen LogP contribution in [0.1, 0.15) is 44.9 Å². The van der Waals surface area contributed by atoms with Crippen molar-refractivity contribution in [3.8, 4) is 0 Å². The van der Waals surface area contributed by atoms with Gasteiger partial charge in [-0.05, 0) is 43.9 Å². The van der Waals surface area contributed by atoms with E-state index in [1.807, 2.05) is 0 Å². The summed E-state index contributed by atoms with van der Waals surface area (Å²) in [5, 5.41) is 0. The SMILES string of the molecule is Cl.Cl.N[C@H]1CCN(C2C3CCCC2CCC3)C1. The van der Waals surface area contributed by atoms with Gasteiger partial charge in [0.05, 0.1) is 0 Å². The Kier molecular flexibility index (Phi) is 6.04. The monoisotopic (exact) mass is 280 g/mol. The van der Waals surface area contributed by atoms with E-state index < -0.39 is 0 Å². The van der Waals surface area contributed by atoms with Crippen LogP contribution >= 0.6 is 24.8 Å². The molecule has 0 aromatic rings. The van der Waals surface area contributed by atoms with Crippen LogP contribution in [0.25, 0.3) is 0 Å². The van der Waals surface area contributed by atoms with Gasteiger partial charge in [-0.2, -0.15) is 0 Å². The number of rotatable bonds is 1. The molecule has 2 bridgehead atoms. The van der Waals surface area contributed by atoms with Crippen molar-refractivity contribution in [2.75, 3.05) is 13.1 Å². The van der Waals surface area contributed by atoms with Gasteiger partial charge in [0.25, 0.3) is 0 Å². The van der Waals surface area contributed by atoms with Gasteiger partial charge in [-0.25, -0.2) is 0 Å². The van der Waals surface area contributed by atoms with E-state index >= 15 is 0 Å². The van der Waals surface area contributed by atoms with Crippen LogP contribution in [0.5, 0.6) is 0 Å². The summed E-state index contributed by atoms with van der Waals surface area (Å²) in [6.45, 7) is 2.45. The van der Waals surface area contributed by atoms with E-state index in [1.165, 1.54) is 58.0 Å². The molecule has 0 amide bonds. The van der Waals surface area contributed by atoms with Crippen LogP contribution in [0, 0.1) is 11.8 Å². The number of hydrogen-bond donors (Lipinski definition) is 1. The first kappa shape index (κ1) is 15.6. The zero-order valence-corrected chi connectivity index (χ0v) is 12.1. The van der Waals surface area contributed by atoms with Crippen LogP contribution in [-0.2, 0) is 0 Å². The van der Waals surface area contributed by atoms with E-state index in [-0.39, 0.29) is 24.8 Å². The van der Waals surface area contributed by atoms with E-state index in [9.17, 15) is 0 Å². The van der Waals surface area contributed by atoms with Gasteiger partial charge in [0, 0.05) is 25.2 Å². The minimum atomic E-state index is 0. The summed E-state index contributed by atoms with van der Waals surface area (Å²) in [6, 6.07) is 1.38. The Morgan fingerprint density at radius 3 is 1.76 bits per heavy atom. The maximum atomic E-state index is 6.04. The predicted octanol–water partition coefficient (Wildman–Crippen LogP) is 2.83. The number of fused-ring (bicyclic) bond motifs is 2. The molecule has 1 atom stereocenters. The van der Waals surface area contributed by atoms with Crippen molar-refractivity contribution in [3.63, 3.8) is 0 Å². The fourth-order valence-corrected chi connectivity index (χ4v) is 4.32. The van der Waals surface area contributed by atoms with Gasteiger partial charge in [-0.15, -0.1) is 24.8 Å². The highest BCUT2D eigenvalue weighted by Crippen LogP contribution is 2.43. The third-order valence-electron chi connectivity index (χ3n) is 4.94. The molecule has 102 valence electrons. The van der Waals surface area contributed by atoms with Gasteiger partial charge in [-0.3, -0.25) is 4.90 Å². The van der Waals surface area contributed by atoms with Crippen molar-refractivity contribution in [1.29, 1.82) is 0 Å². The van der Waals surface area contributed by atoms with Crippen molar-refractivity contribution in [2.45, 2.75) is 57.0 Å². The fraction of sp³-hybridized carbons (Fsp3) is 1.00. The summed E-state index contributed by atoms with van der Waals surface area (Å²) in [7, 11) is 0. The highest BCUT2D eigenvalue weighted by molar-refractivity contribution is 5.85. The van der Waals surface area contributed by atoms with Crippen LogP contribution in [0.4, 0.5) is 0 Å². The maximum Gasteiger partial charge on any atom is 0.0180 e. The molecular weight excluding hydrogens is 255 g/mol. The molecule has 4 heteroatoms. The van der Waals surface area contributed by atoms with E-state index in [2.05, 4.69) is 4.90 Å². The molecule has 3 rings (SSSR count). The minimum Gasteiger partial charge on any atom is -0.326 e. The molecule has 0 aromatic heterocycles. The van der Waals surface area contributed by atoms with Gasteiger partial charge in [-0.1, -0.05) is 12.8 Å². The predicted molar refractivity (Wildman–Crippen MR) is 77.1 cm³/mol. The van der Waals surface area contributed by atoms with Crippen molar-refractivity contribution in [3.05, 3.63) is 0 Å². The number of nitrogens with two attached hydrogens (primary N) is 1. The van der Waals surface area contributed by atoms with Gasteiger partial charge < -0.3 is 5.73 Å². The van der Waals surface area contributed by atoms with Gasteiger partial charge in [0.1, 0.15) is 0 Å². The Hall–Kier alpha value is 0.500. The standard InChI is InChI=1S/C13H24N2.2ClH/c14-12-7-8-15(9-12)13-10-3-1-4-11(13)6-2-5-10;;/h10-13H,1-9,14H2;2*1H/t10?,11?,12-,13?;;/m0../s1. The smallest absolute Gasteiger partial charge is 0.0180 e. The molecule has 1 heterocycles. The van der Waals surface area contributed by atoms with Crippen molar-refractivity contribution < 1.29 is 0 Å². The highest BCUT2D eigenvalue weighted by atomic mass is 35.5. The summed E-state index contributed by atoms with van der Waals surface area (Å²) in [4.78, 5) is 2.73. The van der Waals surface area contributed by atoms with Crippen molar-refractivity contribution in [1.82, 2.24) is 4.90 Å². The average Bonchev–Trinajstić information content (AvgIpc) is 2.63. The first-order chi connectivity index (χ1) is 7.34. The third kappa shape index (κ3) is 3.09. The Morgan fingerprint density at radius 2 is 1.35 bits per heavy atom. The molecule has 3 fully saturated rings. The lowest BCUT2D eigenvalue weighted by Gasteiger charge is -2.47. The molecule has 0 radical (unpaired) electrons. The molecule has 0 unspecified atom stereocenters. The van der Waals surface area contributed by atoms with Crippen molar-refractivity contribution >= 4 is 24.8 Å². The summed E-state index contributed by atoms with van der Waals surface area (Å²) in [5.74, 6) is 2.03. The second-order valence-corrected chi connectivity index (χ2v) is 5.92. The molecule has 0 spiro atoms. The Labute approximate surface area is 118 Å². The number of hydrogen-bond acceptors (Lipinski definition) is 2. The Balaban J connectivity index is 0.000000722. The molecule has 1 saturated heterocycles. The fourth-order valence-electron chi connectivity index (χ4n) is 4.32. The molecule has 0 aromatic carbocycles. The van der Waals surface area contributed by atoms with E-state index in [4.69, 9.17) is 5.73 Å². The molecule has 3 aliphatic rings. The topological polar surface area (TPSA) is 29.3 Å². The molecule has 2 nitrogen and oxygen atoms in total. The largest absolute Gasteiger partial charge is 0.326 e. The second kappa shape index (κ2) is 6.60. The molecule has 2 N–H and O–H groups in total. The van der Waals surface area contributed by atoms with E-state index in [0.29, 0.717) is 6.04 Å². The molecule has 17 heavy (non-hydrogen) atoms. The summed E-state index contributed by atoms with van der Waals surface area (Å²) < 4.78 is 0. The first-order valence-corrected chi connectivity index (χ1v) is 6.84. The van der Waals surface area contributed by atoms with E-state index in [1.54, 1.807) is 0 Å². The van der Waals surface area contributed by atoms with Crippen LogP contribution < -0.4 is 5.73 Å². The van der Waals surface area contributed by atoms with Crippen LogP contribution in [-0.4, -0.2) is 30.1 Å². The summed E-state index contributed by atoms with van der Waals surface area (Å²) in [6.07, 6.45) is 10.2. The molecule has 2 saturated carbocycles. The zero-order chi connectivity index (χ0) is 10.3. The lowest BCUT2D eigenvalue weighted by molar-refractivity contribution is 0.0352. The van der Waals surface area contributed by atoms with Gasteiger partial charge in [0.15, 0.2) is 0 Å². The first-order valence-electron chi connectivity index (χ1n) is 6.84. The Morgan fingerprint density at radius 1 is 0.824 bits per heavy atom. The minimum absolute atomic E-state index is 0. The maximum absolute atomic E-state index is 6.04. The highest BCUT2D eigenvalue weighted by Gasteiger charge is 2.41. The zero-order valence-electron chi connectivity index (χ0n) is 10.5. The van der Waals surface area contributed by atoms with Crippen LogP contribution in [0.15, 0.2) is 0 Å². The Bertz CT molecular complexity index is 215. The molecule has 2 aliphatic carbocycles. The lowest BCUT2D eigenvalue weighted by Crippen LogP contribution is -2.49. The quantitative estimate of drug-likeness (QED) is 0.801. The number of halogens is 2. The van der Waals surface area contributed by atoms with Crippen LogP contribution in [0.3, 0.4) is 0 Å². The second-order valence-electron chi connectivity index (χ2n) is 5.92. The lowest BCUT2D eigenvalue weighted by atomic mass is 9.68. The number of nitrogens with zero attached hydrogens (tertiary/aromatic N) is 1. The normalized spacial score (nSPS) is 41.5.